The molecule has 0 fully saturated rings. The summed E-state index contributed by atoms with van der Waals surface area (Å²) in [7, 11) is 1.65. The number of benzene rings is 2. The zero-order chi connectivity index (χ0) is 17.6. The Morgan fingerprint density at radius 1 is 1.12 bits per heavy atom. The van der Waals surface area contributed by atoms with Gasteiger partial charge in [-0.15, -0.1) is 0 Å². The summed E-state index contributed by atoms with van der Waals surface area (Å²) in [5.74, 6) is 0.489. The van der Waals surface area contributed by atoms with Crippen molar-refractivity contribution in [2.24, 2.45) is 0 Å². The number of rotatable bonds is 6. The summed E-state index contributed by atoms with van der Waals surface area (Å²) in [6.07, 6.45) is 0.571. The van der Waals surface area contributed by atoms with E-state index in [9.17, 15) is 9.18 Å². The van der Waals surface area contributed by atoms with Gasteiger partial charge in [0.15, 0.2) is 0 Å². The van der Waals surface area contributed by atoms with Crippen molar-refractivity contribution in [2.75, 3.05) is 7.05 Å². The maximum absolute atomic E-state index is 13.7. The highest BCUT2D eigenvalue weighted by molar-refractivity contribution is 5.76. The standard InChI is InChI=1S/C19H18FN3O2/c1-23(13-15-9-5-6-10-16(15)20)18(24)12-11-17-21-19(22-25-17)14-7-3-2-4-8-14/h2-10H,11-13H2,1H3. The van der Waals surface area contributed by atoms with E-state index >= 15 is 0 Å². The van der Waals surface area contributed by atoms with Gasteiger partial charge in [0.25, 0.3) is 0 Å². The van der Waals surface area contributed by atoms with E-state index in [1.165, 1.54) is 11.0 Å². The maximum atomic E-state index is 13.7. The number of amides is 1. The Morgan fingerprint density at radius 3 is 2.60 bits per heavy atom. The van der Waals surface area contributed by atoms with Gasteiger partial charge in [0.2, 0.25) is 17.6 Å². The van der Waals surface area contributed by atoms with Gasteiger partial charge in [-0.3, -0.25) is 4.79 Å². The van der Waals surface area contributed by atoms with Crippen LogP contribution in [-0.4, -0.2) is 28.0 Å². The molecule has 128 valence electrons. The van der Waals surface area contributed by atoms with Crippen molar-refractivity contribution in [3.8, 4) is 11.4 Å². The molecule has 0 saturated carbocycles. The first-order valence-corrected chi connectivity index (χ1v) is 7.99. The van der Waals surface area contributed by atoms with Crippen LogP contribution >= 0.6 is 0 Å². The fraction of sp³-hybridized carbons (Fsp3) is 0.211. The molecule has 3 aromatic rings. The van der Waals surface area contributed by atoms with E-state index in [0.717, 1.165) is 5.56 Å². The Morgan fingerprint density at radius 2 is 1.84 bits per heavy atom. The maximum Gasteiger partial charge on any atom is 0.227 e. The molecular weight excluding hydrogens is 321 g/mol. The van der Waals surface area contributed by atoms with Crippen LogP contribution in [0.4, 0.5) is 4.39 Å². The molecule has 0 aliphatic rings. The predicted octanol–water partition coefficient (Wildman–Crippen LogP) is 3.47. The van der Waals surface area contributed by atoms with Crippen molar-refractivity contribution in [2.45, 2.75) is 19.4 Å². The lowest BCUT2D eigenvalue weighted by Crippen LogP contribution is -2.26. The van der Waals surface area contributed by atoms with Crippen molar-refractivity contribution >= 4 is 5.91 Å². The van der Waals surface area contributed by atoms with E-state index < -0.39 is 0 Å². The van der Waals surface area contributed by atoms with Gasteiger partial charge in [-0.25, -0.2) is 4.39 Å². The van der Waals surface area contributed by atoms with Crippen LogP contribution in [0.5, 0.6) is 0 Å². The van der Waals surface area contributed by atoms with E-state index in [2.05, 4.69) is 10.1 Å². The van der Waals surface area contributed by atoms with Gasteiger partial charge in [0.05, 0.1) is 0 Å². The predicted molar refractivity (Wildman–Crippen MR) is 90.9 cm³/mol. The third-order valence-corrected chi connectivity index (χ3v) is 3.84. The molecule has 0 saturated heterocycles. The van der Waals surface area contributed by atoms with Gasteiger partial charge in [-0.05, 0) is 6.07 Å². The fourth-order valence-corrected chi connectivity index (χ4v) is 2.44. The number of aromatic nitrogens is 2. The van der Waals surface area contributed by atoms with Crippen LogP contribution in [0.3, 0.4) is 0 Å². The summed E-state index contributed by atoms with van der Waals surface area (Å²) in [4.78, 5) is 18.0. The lowest BCUT2D eigenvalue weighted by Gasteiger charge is -2.17. The molecule has 0 N–H and O–H groups in total. The SMILES string of the molecule is CN(Cc1ccccc1F)C(=O)CCc1nc(-c2ccccc2)no1. The van der Waals surface area contributed by atoms with Crippen molar-refractivity contribution < 1.29 is 13.7 Å². The van der Waals surface area contributed by atoms with Crippen LogP contribution in [0.1, 0.15) is 17.9 Å². The average molecular weight is 339 g/mol. The van der Waals surface area contributed by atoms with Crippen LogP contribution in [0.2, 0.25) is 0 Å². The summed E-state index contributed by atoms with van der Waals surface area (Å²) in [5, 5.41) is 3.93. The molecule has 0 radical (unpaired) electrons. The number of hydrogen-bond donors (Lipinski definition) is 0. The quantitative estimate of drug-likeness (QED) is 0.690. The summed E-state index contributed by atoms with van der Waals surface area (Å²) in [5.41, 5.74) is 1.35. The number of hydrogen-bond acceptors (Lipinski definition) is 4. The van der Waals surface area contributed by atoms with Crippen LogP contribution in [0, 0.1) is 5.82 Å². The topological polar surface area (TPSA) is 59.2 Å². The smallest absolute Gasteiger partial charge is 0.227 e. The number of carbonyl (C=O) groups excluding carboxylic acids is 1. The lowest BCUT2D eigenvalue weighted by molar-refractivity contribution is -0.130. The zero-order valence-corrected chi connectivity index (χ0v) is 13.9. The summed E-state index contributed by atoms with van der Waals surface area (Å²) >= 11 is 0. The van der Waals surface area contributed by atoms with Gasteiger partial charge >= 0.3 is 0 Å². The molecule has 5 nitrogen and oxygen atoms in total. The van der Waals surface area contributed by atoms with Crippen molar-refractivity contribution in [1.29, 1.82) is 0 Å². The number of nitrogens with zero attached hydrogens (tertiary/aromatic N) is 3. The van der Waals surface area contributed by atoms with Gasteiger partial charge in [0.1, 0.15) is 5.82 Å². The highest BCUT2D eigenvalue weighted by Crippen LogP contribution is 2.16. The first kappa shape index (κ1) is 16.8. The van der Waals surface area contributed by atoms with Gasteiger partial charge in [-0.2, -0.15) is 4.98 Å². The molecule has 6 heteroatoms. The molecule has 0 bridgehead atoms. The van der Waals surface area contributed by atoms with Crippen LogP contribution < -0.4 is 0 Å². The van der Waals surface area contributed by atoms with E-state index in [4.69, 9.17) is 4.52 Å². The van der Waals surface area contributed by atoms with Crippen molar-refractivity contribution in [3.63, 3.8) is 0 Å². The largest absolute Gasteiger partial charge is 0.341 e. The third-order valence-electron chi connectivity index (χ3n) is 3.84. The molecule has 0 spiro atoms. The highest BCUT2D eigenvalue weighted by atomic mass is 19.1. The van der Waals surface area contributed by atoms with Crippen LogP contribution in [-0.2, 0) is 17.8 Å². The van der Waals surface area contributed by atoms with Crippen molar-refractivity contribution in [1.82, 2.24) is 15.0 Å². The minimum absolute atomic E-state index is 0.109. The molecule has 1 aromatic heterocycles. The normalized spacial score (nSPS) is 10.6. The average Bonchev–Trinajstić information content (AvgIpc) is 3.11. The van der Waals surface area contributed by atoms with Gasteiger partial charge < -0.3 is 9.42 Å². The Kier molecular flexibility index (Phi) is 5.18. The molecule has 1 heterocycles. The Labute approximate surface area is 145 Å². The Bertz CT molecular complexity index is 849. The van der Waals surface area contributed by atoms with E-state index in [0.29, 0.717) is 23.7 Å². The summed E-state index contributed by atoms with van der Waals surface area (Å²) in [6, 6.07) is 15.9. The summed E-state index contributed by atoms with van der Waals surface area (Å²) in [6.45, 7) is 0.227. The summed E-state index contributed by atoms with van der Waals surface area (Å²) < 4.78 is 18.9. The number of carbonyl (C=O) groups is 1. The second-order valence-corrected chi connectivity index (χ2v) is 5.72. The zero-order valence-electron chi connectivity index (χ0n) is 13.9. The van der Waals surface area contributed by atoms with Gasteiger partial charge in [-0.1, -0.05) is 53.7 Å². The number of aryl methyl sites for hydroxylation is 1. The van der Waals surface area contributed by atoms with E-state index in [1.807, 2.05) is 30.3 Å². The molecule has 1 amide bonds. The molecular formula is C19H18FN3O2. The Balaban J connectivity index is 1.55. The van der Waals surface area contributed by atoms with E-state index in [-0.39, 0.29) is 24.7 Å². The molecule has 0 aliphatic carbocycles. The minimum atomic E-state index is -0.313. The first-order valence-electron chi connectivity index (χ1n) is 7.99. The molecule has 3 rings (SSSR count). The molecule has 25 heavy (non-hydrogen) atoms. The third kappa shape index (κ3) is 4.29. The Hall–Kier alpha value is -3.02. The van der Waals surface area contributed by atoms with Crippen LogP contribution in [0.25, 0.3) is 11.4 Å². The highest BCUT2D eigenvalue weighted by Gasteiger charge is 2.14. The molecule has 0 aliphatic heterocycles. The van der Waals surface area contributed by atoms with Gasteiger partial charge in [0, 0.05) is 37.6 Å². The molecule has 0 unspecified atom stereocenters. The van der Waals surface area contributed by atoms with E-state index in [1.54, 1.807) is 25.2 Å². The molecule has 0 atom stereocenters. The first-order chi connectivity index (χ1) is 12.1. The number of halogens is 1. The fourth-order valence-electron chi connectivity index (χ4n) is 2.44. The second-order valence-electron chi connectivity index (χ2n) is 5.72. The van der Waals surface area contributed by atoms with Crippen LogP contribution in [0.15, 0.2) is 59.1 Å². The monoisotopic (exact) mass is 339 g/mol. The van der Waals surface area contributed by atoms with Crippen molar-refractivity contribution in [3.05, 3.63) is 71.9 Å². The lowest BCUT2D eigenvalue weighted by atomic mass is 10.2. The second kappa shape index (κ2) is 7.70. The molecule has 2 aromatic carbocycles. The minimum Gasteiger partial charge on any atom is -0.341 e.